The number of carbonyl (C=O) groups excluding carboxylic acids is 2. The summed E-state index contributed by atoms with van der Waals surface area (Å²) in [5, 5.41) is 12.4. The minimum Gasteiger partial charge on any atom is -0.348 e. The molecule has 7 nitrogen and oxygen atoms in total. The number of aromatic nitrogens is 2. The summed E-state index contributed by atoms with van der Waals surface area (Å²) in [6, 6.07) is 12.8. The van der Waals surface area contributed by atoms with E-state index >= 15 is 0 Å². The highest BCUT2D eigenvalue weighted by molar-refractivity contribution is 8.16. The third-order valence-electron chi connectivity index (χ3n) is 4.51. The van der Waals surface area contributed by atoms with Crippen molar-refractivity contribution >= 4 is 46.2 Å². The number of nitrogens with one attached hydrogen (secondary N) is 2. The zero-order valence-corrected chi connectivity index (χ0v) is 18.3. The quantitative estimate of drug-likeness (QED) is 0.459. The standard InChI is InChI=1S/C22H19N5O2S2/c1-3-30-22(23-2)27-13-14(12-25-27)11-24-20(28)15-8-9-19-17(10-15)26-21(29)16-6-4-5-7-18(16)31-19/h3-10,12-13H,1,11H2,2H3,(H,24,28)(H,26,29). The van der Waals surface area contributed by atoms with E-state index < -0.39 is 0 Å². The van der Waals surface area contributed by atoms with E-state index in [1.54, 1.807) is 41.5 Å². The maximum atomic E-state index is 12.7. The Morgan fingerprint density at radius 2 is 2.16 bits per heavy atom. The normalized spacial score (nSPS) is 12.9. The summed E-state index contributed by atoms with van der Waals surface area (Å²) in [6.45, 7) is 4.00. The smallest absolute Gasteiger partial charge is 0.256 e. The first-order valence-electron chi connectivity index (χ1n) is 9.38. The Morgan fingerprint density at radius 1 is 1.32 bits per heavy atom. The first-order chi connectivity index (χ1) is 15.1. The van der Waals surface area contributed by atoms with Gasteiger partial charge in [-0.05, 0) is 35.7 Å². The second-order valence-electron chi connectivity index (χ2n) is 6.53. The maximum absolute atomic E-state index is 12.7. The Balaban J connectivity index is 1.46. The van der Waals surface area contributed by atoms with Crippen LogP contribution < -0.4 is 10.6 Å². The van der Waals surface area contributed by atoms with Crippen molar-refractivity contribution < 1.29 is 9.59 Å². The highest BCUT2D eigenvalue weighted by Crippen LogP contribution is 2.38. The minimum absolute atomic E-state index is 0.183. The van der Waals surface area contributed by atoms with E-state index in [1.807, 2.05) is 30.5 Å². The molecular formula is C22H19N5O2S2. The Labute approximate surface area is 188 Å². The fraction of sp³-hybridized carbons (Fsp3) is 0.0909. The van der Waals surface area contributed by atoms with Crippen molar-refractivity contribution in [2.75, 3.05) is 12.4 Å². The molecule has 2 aromatic carbocycles. The molecule has 2 amide bonds. The Bertz CT molecular complexity index is 1200. The minimum atomic E-state index is -0.235. The molecule has 2 N–H and O–H groups in total. The lowest BCUT2D eigenvalue weighted by Gasteiger charge is -2.09. The number of benzene rings is 2. The monoisotopic (exact) mass is 449 g/mol. The van der Waals surface area contributed by atoms with Crippen LogP contribution in [0.25, 0.3) is 0 Å². The van der Waals surface area contributed by atoms with Crippen LogP contribution in [0.1, 0.15) is 26.3 Å². The number of rotatable bonds is 4. The third-order valence-corrected chi connectivity index (χ3v) is 6.41. The molecule has 2 heterocycles. The van der Waals surface area contributed by atoms with Crippen LogP contribution in [0.4, 0.5) is 5.69 Å². The molecule has 0 atom stereocenters. The third kappa shape index (κ3) is 4.57. The molecule has 0 fully saturated rings. The zero-order valence-electron chi connectivity index (χ0n) is 16.7. The van der Waals surface area contributed by atoms with Crippen LogP contribution in [0.15, 0.2) is 81.6 Å². The number of thioether (sulfide) groups is 1. The van der Waals surface area contributed by atoms with Gasteiger partial charge in [0.1, 0.15) is 0 Å². The first-order valence-corrected chi connectivity index (χ1v) is 11.1. The Morgan fingerprint density at radius 3 is 2.97 bits per heavy atom. The van der Waals surface area contributed by atoms with Gasteiger partial charge in [0.25, 0.3) is 11.8 Å². The summed E-state index contributed by atoms with van der Waals surface area (Å²) in [7, 11) is 1.68. The lowest BCUT2D eigenvalue weighted by Crippen LogP contribution is -2.23. The van der Waals surface area contributed by atoms with E-state index in [9.17, 15) is 9.59 Å². The molecule has 0 bridgehead atoms. The van der Waals surface area contributed by atoms with Gasteiger partial charge in [-0.1, -0.05) is 42.2 Å². The second kappa shape index (κ2) is 9.23. The summed E-state index contributed by atoms with van der Waals surface area (Å²) in [5.74, 6) is -0.418. The highest BCUT2D eigenvalue weighted by atomic mass is 32.2. The van der Waals surface area contributed by atoms with Gasteiger partial charge in [-0.25, -0.2) is 4.68 Å². The van der Waals surface area contributed by atoms with E-state index in [0.29, 0.717) is 28.5 Å². The van der Waals surface area contributed by atoms with Crippen LogP contribution in [-0.2, 0) is 6.54 Å². The molecule has 9 heteroatoms. The molecule has 1 aromatic heterocycles. The Kier molecular flexibility index (Phi) is 6.24. The molecule has 3 aromatic rings. The SMILES string of the molecule is C=CSC(=NC)n1cc(CNC(=O)c2ccc3c(c2)NC(=O)c2ccccc2S3)cn1. The zero-order chi connectivity index (χ0) is 21.8. The summed E-state index contributed by atoms with van der Waals surface area (Å²) in [5.41, 5.74) is 2.55. The highest BCUT2D eigenvalue weighted by Gasteiger charge is 2.20. The molecule has 1 aliphatic rings. The van der Waals surface area contributed by atoms with Gasteiger partial charge in [0.05, 0.1) is 17.4 Å². The first kappa shape index (κ1) is 21.0. The fourth-order valence-electron chi connectivity index (χ4n) is 3.03. The van der Waals surface area contributed by atoms with Crippen molar-refractivity contribution in [3.63, 3.8) is 0 Å². The average Bonchev–Trinajstić information content (AvgIpc) is 3.20. The second-order valence-corrected chi connectivity index (χ2v) is 8.55. The summed E-state index contributed by atoms with van der Waals surface area (Å²) < 4.78 is 1.64. The van der Waals surface area contributed by atoms with Crippen LogP contribution in [0, 0.1) is 0 Å². The molecule has 0 radical (unpaired) electrons. The molecule has 0 spiro atoms. The topological polar surface area (TPSA) is 88.4 Å². The summed E-state index contributed by atoms with van der Waals surface area (Å²) in [4.78, 5) is 31.2. The van der Waals surface area contributed by atoms with E-state index in [-0.39, 0.29) is 11.8 Å². The predicted octanol–water partition coefficient (Wildman–Crippen LogP) is 4.24. The van der Waals surface area contributed by atoms with E-state index in [2.05, 4.69) is 27.3 Å². The number of fused-ring (bicyclic) bond motifs is 2. The van der Waals surface area contributed by atoms with Crippen LogP contribution in [0.3, 0.4) is 0 Å². The predicted molar refractivity (Wildman–Crippen MR) is 125 cm³/mol. The molecule has 156 valence electrons. The molecule has 31 heavy (non-hydrogen) atoms. The molecule has 0 unspecified atom stereocenters. The van der Waals surface area contributed by atoms with Crippen molar-refractivity contribution in [2.24, 2.45) is 4.99 Å². The van der Waals surface area contributed by atoms with Gasteiger partial charge in [0.15, 0.2) is 5.17 Å². The average molecular weight is 450 g/mol. The molecule has 1 aliphatic heterocycles. The number of carbonyl (C=O) groups is 2. The molecule has 4 rings (SSSR count). The molecule has 0 aliphatic carbocycles. The lowest BCUT2D eigenvalue weighted by atomic mass is 10.1. The van der Waals surface area contributed by atoms with Crippen molar-refractivity contribution in [2.45, 2.75) is 16.3 Å². The molecule has 0 saturated heterocycles. The van der Waals surface area contributed by atoms with Gasteiger partial charge < -0.3 is 10.6 Å². The summed E-state index contributed by atoms with van der Waals surface area (Å²) >= 11 is 2.87. The number of hydrogen-bond donors (Lipinski definition) is 2. The van der Waals surface area contributed by atoms with Gasteiger partial charge in [0.2, 0.25) is 0 Å². The number of nitrogens with zero attached hydrogens (tertiary/aromatic N) is 3. The van der Waals surface area contributed by atoms with Crippen LogP contribution in [0.2, 0.25) is 0 Å². The van der Waals surface area contributed by atoms with Gasteiger partial charge in [-0.3, -0.25) is 14.6 Å². The van der Waals surface area contributed by atoms with Crippen LogP contribution in [0.5, 0.6) is 0 Å². The van der Waals surface area contributed by atoms with Gasteiger partial charge in [0, 0.05) is 40.7 Å². The fourth-order valence-corrected chi connectivity index (χ4v) is 4.51. The Hall–Kier alpha value is -3.30. The molecule has 0 saturated carbocycles. The number of aliphatic imine (C=N–C) groups is 1. The van der Waals surface area contributed by atoms with Gasteiger partial charge >= 0.3 is 0 Å². The van der Waals surface area contributed by atoms with Crippen molar-refractivity contribution in [1.29, 1.82) is 0 Å². The van der Waals surface area contributed by atoms with Crippen LogP contribution in [-0.4, -0.2) is 33.8 Å². The van der Waals surface area contributed by atoms with Crippen LogP contribution >= 0.6 is 23.5 Å². The number of hydrogen-bond acceptors (Lipinski definition) is 6. The number of amides is 2. The van der Waals surface area contributed by atoms with E-state index in [4.69, 9.17) is 0 Å². The van der Waals surface area contributed by atoms with E-state index in [1.165, 1.54) is 23.5 Å². The van der Waals surface area contributed by atoms with E-state index in [0.717, 1.165) is 15.4 Å². The van der Waals surface area contributed by atoms with Crippen molar-refractivity contribution in [3.8, 4) is 0 Å². The van der Waals surface area contributed by atoms with Gasteiger partial charge in [-0.15, -0.1) is 0 Å². The number of anilines is 1. The largest absolute Gasteiger partial charge is 0.348 e. The van der Waals surface area contributed by atoms with Crippen molar-refractivity contribution in [1.82, 2.24) is 15.1 Å². The van der Waals surface area contributed by atoms with Gasteiger partial charge in [-0.2, -0.15) is 5.10 Å². The van der Waals surface area contributed by atoms with Crippen molar-refractivity contribution in [3.05, 3.63) is 83.5 Å². The maximum Gasteiger partial charge on any atom is 0.256 e. The summed E-state index contributed by atoms with van der Waals surface area (Å²) in [6.07, 6.45) is 3.49. The molecular weight excluding hydrogens is 430 g/mol. The lowest BCUT2D eigenvalue weighted by molar-refractivity contribution is 0.0949.